The molecule has 1 aromatic carbocycles. The first-order chi connectivity index (χ1) is 8.75. The van der Waals surface area contributed by atoms with Crippen LogP contribution in [0.3, 0.4) is 0 Å². The molecule has 0 spiro atoms. The lowest BCUT2D eigenvalue weighted by molar-refractivity contribution is 0.805. The molecule has 1 aliphatic rings. The van der Waals surface area contributed by atoms with E-state index in [2.05, 4.69) is 28.5 Å². The van der Waals surface area contributed by atoms with E-state index in [9.17, 15) is 0 Å². The van der Waals surface area contributed by atoms with Gasteiger partial charge in [0.2, 0.25) is 0 Å². The van der Waals surface area contributed by atoms with Crippen LogP contribution in [0, 0.1) is 0 Å². The van der Waals surface area contributed by atoms with Crippen molar-refractivity contribution in [3.8, 4) is 0 Å². The quantitative estimate of drug-likeness (QED) is 0.851. The molecular formula is C14H15ClN2S. The van der Waals surface area contributed by atoms with Crippen molar-refractivity contribution in [1.82, 2.24) is 0 Å². The van der Waals surface area contributed by atoms with Crippen LogP contribution in [0.1, 0.15) is 17.7 Å². The fourth-order valence-electron chi connectivity index (χ4n) is 2.14. The Bertz CT molecular complexity index is 535. The van der Waals surface area contributed by atoms with Gasteiger partial charge in [-0.2, -0.15) is 0 Å². The van der Waals surface area contributed by atoms with E-state index >= 15 is 0 Å². The van der Waals surface area contributed by atoms with Crippen LogP contribution in [0.2, 0.25) is 5.02 Å². The molecule has 0 aliphatic heterocycles. The minimum Gasteiger partial charge on any atom is -0.396 e. The molecule has 2 N–H and O–H groups in total. The maximum absolute atomic E-state index is 6.12. The van der Waals surface area contributed by atoms with Gasteiger partial charge in [0, 0.05) is 10.9 Å². The highest BCUT2D eigenvalue weighted by molar-refractivity contribution is 7.09. The molecular weight excluding hydrogens is 264 g/mol. The molecule has 0 saturated heterocycles. The second kappa shape index (κ2) is 4.82. The highest BCUT2D eigenvalue weighted by atomic mass is 35.5. The van der Waals surface area contributed by atoms with Gasteiger partial charge in [-0.1, -0.05) is 23.7 Å². The number of nitrogens with zero attached hydrogens (tertiary/aromatic N) is 1. The molecule has 0 amide bonds. The van der Waals surface area contributed by atoms with Crippen molar-refractivity contribution < 1.29 is 0 Å². The summed E-state index contributed by atoms with van der Waals surface area (Å²) < 4.78 is 0. The molecule has 0 atom stereocenters. The molecule has 1 heterocycles. The highest BCUT2D eigenvalue weighted by Gasteiger charge is 2.30. The Kier molecular flexibility index (Phi) is 3.18. The van der Waals surface area contributed by atoms with Gasteiger partial charge in [0.05, 0.1) is 22.9 Å². The first kappa shape index (κ1) is 11.9. The minimum absolute atomic E-state index is 0.618. The van der Waals surface area contributed by atoms with Crippen molar-refractivity contribution in [3.63, 3.8) is 0 Å². The van der Waals surface area contributed by atoms with E-state index in [-0.39, 0.29) is 0 Å². The van der Waals surface area contributed by atoms with Gasteiger partial charge in [-0.25, -0.2) is 0 Å². The van der Waals surface area contributed by atoms with Gasteiger partial charge >= 0.3 is 0 Å². The first-order valence-corrected chi connectivity index (χ1v) is 7.34. The largest absolute Gasteiger partial charge is 0.396 e. The van der Waals surface area contributed by atoms with Crippen LogP contribution >= 0.6 is 22.9 Å². The van der Waals surface area contributed by atoms with Crippen LogP contribution < -0.4 is 10.6 Å². The minimum atomic E-state index is 0.618. The summed E-state index contributed by atoms with van der Waals surface area (Å²) >= 11 is 7.90. The van der Waals surface area contributed by atoms with Gasteiger partial charge in [-0.15, -0.1) is 11.3 Å². The molecule has 1 aromatic heterocycles. The Morgan fingerprint density at radius 2 is 2.11 bits per heavy atom. The van der Waals surface area contributed by atoms with Gasteiger partial charge in [0.1, 0.15) is 0 Å². The lowest BCUT2D eigenvalue weighted by atomic mass is 10.2. The lowest BCUT2D eigenvalue weighted by Gasteiger charge is -2.26. The summed E-state index contributed by atoms with van der Waals surface area (Å²) in [5.74, 6) is 0. The molecule has 4 heteroatoms. The monoisotopic (exact) mass is 278 g/mol. The zero-order chi connectivity index (χ0) is 12.5. The third-order valence-electron chi connectivity index (χ3n) is 3.23. The second-order valence-corrected chi connectivity index (χ2v) is 6.05. The molecule has 0 unspecified atom stereocenters. The zero-order valence-corrected chi connectivity index (χ0v) is 11.5. The predicted molar refractivity (Wildman–Crippen MR) is 79.4 cm³/mol. The molecule has 2 aromatic rings. The molecule has 18 heavy (non-hydrogen) atoms. The topological polar surface area (TPSA) is 29.3 Å². The third kappa shape index (κ3) is 2.33. The Labute approximate surface area is 116 Å². The fourth-order valence-corrected chi connectivity index (χ4v) is 3.02. The van der Waals surface area contributed by atoms with Crippen molar-refractivity contribution in [3.05, 3.63) is 45.6 Å². The molecule has 1 fully saturated rings. The first-order valence-electron chi connectivity index (χ1n) is 6.08. The number of benzene rings is 1. The maximum atomic E-state index is 6.12. The second-order valence-electron chi connectivity index (χ2n) is 4.61. The normalized spacial score (nSPS) is 14.7. The van der Waals surface area contributed by atoms with Gasteiger partial charge < -0.3 is 10.6 Å². The molecule has 1 aliphatic carbocycles. The summed E-state index contributed by atoms with van der Waals surface area (Å²) in [5, 5.41) is 2.76. The zero-order valence-electron chi connectivity index (χ0n) is 9.97. The standard InChI is InChI=1S/C14H15ClN2S/c15-12-4-1-5-13(14(12)16)17(10-6-7-10)9-11-3-2-8-18-11/h1-5,8,10H,6-7,9,16H2. The molecule has 94 valence electrons. The SMILES string of the molecule is Nc1c(Cl)cccc1N(Cc1cccs1)C1CC1. The van der Waals surface area contributed by atoms with E-state index in [1.807, 2.05) is 12.1 Å². The van der Waals surface area contributed by atoms with Gasteiger partial charge in [-0.05, 0) is 36.4 Å². The smallest absolute Gasteiger partial charge is 0.0741 e. The average Bonchev–Trinajstić information content (AvgIpc) is 3.08. The number of hydrogen-bond acceptors (Lipinski definition) is 3. The van der Waals surface area contributed by atoms with Crippen molar-refractivity contribution >= 4 is 34.3 Å². The Morgan fingerprint density at radius 3 is 2.78 bits per heavy atom. The van der Waals surface area contributed by atoms with E-state index in [1.165, 1.54) is 17.7 Å². The summed E-state index contributed by atoms with van der Waals surface area (Å²) in [6, 6.07) is 10.8. The lowest BCUT2D eigenvalue weighted by Crippen LogP contribution is -2.25. The maximum Gasteiger partial charge on any atom is 0.0741 e. The molecule has 1 saturated carbocycles. The molecule has 2 nitrogen and oxygen atoms in total. The number of nitrogen functional groups attached to an aromatic ring is 1. The number of halogens is 1. The fraction of sp³-hybridized carbons (Fsp3) is 0.286. The van der Waals surface area contributed by atoms with Gasteiger partial charge in [0.15, 0.2) is 0 Å². The summed E-state index contributed by atoms with van der Waals surface area (Å²) in [6.45, 7) is 0.923. The summed E-state index contributed by atoms with van der Waals surface area (Å²) in [7, 11) is 0. The summed E-state index contributed by atoms with van der Waals surface area (Å²) in [5.41, 5.74) is 7.87. The van der Waals surface area contributed by atoms with Crippen molar-refractivity contribution in [2.75, 3.05) is 10.6 Å². The van der Waals surface area contributed by atoms with Crippen LogP contribution in [-0.2, 0) is 6.54 Å². The van der Waals surface area contributed by atoms with E-state index in [1.54, 1.807) is 11.3 Å². The van der Waals surface area contributed by atoms with Crippen molar-refractivity contribution in [2.45, 2.75) is 25.4 Å². The summed E-state index contributed by atoms with van der Waals surface area (Å²) in [4.78, 5) is 3.74. The van der Waals surface area contributed by atoms with Gasteiger partial charge in [0.25, 0.3) is 0 Å². The van der Waals surface area contributed by atoms with Crippen LogP contribution in [0.25, 0.3) is 0 Å². The number of anilines is 2. The number of hydrogen-bond donors (Lipinski definition) is 1. The Morgan fingerprint density at radius 1 is 1.28 bits per heavy atom. The number of rotatable bonds is 4. The average molecular weight is 279 g/mol. The van der Waals surface area contributed by atoms with Gasteiger partial charge in [-0.3, -0.25) is 0 Å². The van der Waals surface area contributed by atoms with Crippen LogP contribution in [-0.4, -0.2) is 6.04 Å². The summed E-state index contributed by atoms with van der Waals surface area (Å²) in [6.07, 6.45) is 2.49. The third-order valence-corrected chi connectivity index (χ3v) is 4.42. The van der Waals surface area contributed by atoms with Crippen LogP contribution in [0.15, 0.2) is 35.7 Å². The number of thiophene rings is 1. The van der Waals surface area contributed by atoms with E-state index in [0.29, 0.717) is 16.8 Å². The number of nitrogens with two attached hydrogens (primary N) is 1. The van der Waals surface area contributed by atoms with Crippen LogP contribution in [0.4, 0.5) is 11.4 Å². The van der Waals surface area contributed by atoms with Crippen LogP contribution in [0.5, 0.6) is 0 Å². The Hall–Kier alpha value is -1.19. The highest BCUT2D eigenvalue weighted by Crippen LogP contribution is 2.38. The molecule has 3 rings (SSSR count). The number of para-hydroxylation sites is 1. The van der Waals surface area contributed by atoms with E-state index < -0.39 is 0 Å². The predicted octanol–water partition coefficient (Wildman–Crippen LogP) is 4.15. The van der Waals surface area contributed by atoms with Crippen molar-refractivity contribution in [2.24, 2.45) is 0 Å². The molecule has 0 bridgehead atoms. The molecule has 0 radical (unpaired) electrons. The van der Waals surface area contributed by atoms with Crippen molar-refractivity contribution in [1.29, 1.82) is 0 Å². The Balaban J connectivity index is 1.91. The van der Waals surface area contributed by atoms with E-state index in [0.717, 1.165) is 12.2 Å². The van der Waals surface area contributed by atoms with E-state index in [4.69, 9.17) is 17.3 Å².